The van der Waals surface area contributed by atoms with Crippen LogP contribution in [-0.4, -0.2) is 0 Å². The van der Waals surface area contributed by atoms with Crippen LogP contribution in [0.15, 0.2) is 18.2 Å². The Balaban J connectivity index is 3.17. The van der Waals surface area contributed by atoms with E-state index in [2.05, 4.69) is 13.8 Å². The van der Waals surface area contributed by atoms with Crippen LogP contribution in [0.25, 0.3) is 0 Å². The van der Waals surface area contributed by atoms with Crippen LogP contribution in [0.2, 0.25) is 0 Å². The highest BCUT2D eigenvalue weighted by Crippen LogP contribution is 2.25. The summed E-state index contributed by atoms with van der Waals surface area (Å²) in [6.07, 6.45) is 0. The Morgan fingerprint density at radius 2 is 1.82 bits per heavy atom. The Morgan fingerprint density at radius 1 is 1.18 bits per heavy atom. The minimum atomic E-state index is 0.443. The van der Waals surface area contributed by atoms with Gasteiger partial charge in [-0.25, -0.2) is 0 Å². The Bertz CT molecular complexity index is 254. The van der Waals surface area contributed by atoms with Crippen molar-refractivity contribution < 1.29 is 0 Å². The molecule has 0 amide bonds. The first-order valence-electron chi connectivity index (χ1n) is 3.76. The molecule has 0 aliphatic rings. The van der Waals surface area contributed by atoms with Gasteiger partial charge in [0.15, 0.2) is 0 Å². The van der Waals surface area contributed by atoms with Crippen molar-refractivity contribution in [2.45, 2.75) is 19.8 Å². The lowest BCUT2D eigenvalue weighted by Gasteiger charge is -2.10. The zero-order valence-corrected chi connectivity index (χ0v) is 6.96. The van der Waals surface area contributed by atoms with Gasteiger partial charge in [0.2, 0.25) is 0 Å². The monoisotopic (exact) mass is 150 g/mol. The standard InChI is InChI=1S/C9H14N2/c1-6(2)7-4-3-5-8(10)9(7)11/h3-6H,10-11H2,1-2H3. The summed E-state index contributed by atoms with van der Waals surface area (Å²) in [5.74, 6) is 0.443. The molecule has 0 spiro atoms. The summed E-state index contributed by atoms with van der Waals surface area (Å²) >= 11 is 0. The van der Waals surface area contributed by atoms with Gasteiger partial charge in [-0.15, -0.1) is 0 Å². The van der Waals surface area contributed by atoms with Crippen molar-refractivity contribution >= 4 is 11.4 Å². The average molecular weight is 150 g/mol. The first kappa shape index (κ1) is 7.92. The molecule has 60 valence electrons. The molecule has 0 radical (unpaired) electrons. The predicted molar refractivity (Wildman–Crippen MR) is 49.4 cm³/mol. The van der Waals surface area contributed by atoms with Crippen molar-refractivity contribution in [1.82, 2.24) is 0 Å². The summed E-state index contributed by atoms with van der Waals surface area (Å²) in [5, 5.41) is 0. The van der Waals surface area contributed by atoms with Crippen molar-refractivity contribution in [2.24, 2.45) is 0 Å². The molecule has 1 aromatic rings. The van der Waals surface area contributed by atoms with Crippen molar-refractivity contribution in [3.05, 3.63) is 23.8 Å². The van der Waals surface area contributed by atoms with Crippen molar-refractivity contribution in [2.75, 3.05) is 11.5 Å². The summed E-state index contributed by atoms with van der Waals surface area (Å²) in [6.45, 7) is 4.20. The van der Waals surface area contributed by atoms with E-state index in [9.17, 15) is 0 Å². The second-order valence-corrected chi connectivity index (χ2v) is 3.00. The number of hydrogen-bond donors (Lipinski definition) is 2. The van der Waals surface area contributed by atoms with Gasteiger partial charge >= 0.3 is 0 Å². The molecule has 1 rings (SSSR count). The Hall–Kier alpha value is -1.18. The van der Waals surface area contributed by atoms with Crippen LogP contribution in [-0.2, 0) is 0 Å². The van der Waals surface area contributed by atoms with Crippen LogP contribution < -0.4 is 11.5 Å². The smallest absolute Gasteiger partial charge is 0.0582 e. The lowest BCUT2D eigenvalue weighted by atomic mass is 10.0. The van der Waals surface area contributed by atoms with Gasteiger partial charge in [0.25, 0.3) is 0 Å². The summed E-state index contributed by atoms with van der Waals surface area (Å²) in [5.41, 5.74) is 13.9. The second kappa shape index (κ2) is 2.82. The molecule has 0 saturated carbocycles. The minimum absolute atomic E-state index is 0.443. The highest BCUT2D eigenvalue weighted by atomic mass is 14.7. The maximum Gasteiger partial charge on any atom is 0.0582 e. The van der Waals surface area contributed by atoms with E-state index in [4.69, 9.17) is 11.5 Å². The molecule has 1 aromatic carbocycles. The van der Waals surface area contributed by atoms with Crippen molar-refractivity contribution in [3.63, 3.8) is 0 Å². The van der Waals surface area contributed by atoms with Crippen LogP contribution in [0, 0.1) is 0 Å². The minimum Gasteiger partial charge on any atom is -0.397 e. The van der Waals surface area contributed by atoms with E-state index in [1.54, 1.807) is 0 Å². The largest absolute Gasteiger partial charge is 0.397 e. The topological polar surface area (TPSA) is 52.0 Å². The third-order valence-electron chi connectivity index (χ3n) is 1.80. The SMILES string of the molecule is CC(C)c1cccc(N)c1N. The predicted octanol–water partition coefficient (Wildman–Crippen LogP) is 1.97. The van der Waals surface area contributed by atoms with Gasteiger partial charge in [0.05, 0.1) is 11.4 Å². The molecule has 0 saturated heterocycles. The molecular formula is C9H14N2. The summed E-state index contributed by atoms with van der Waals surface area (Å²) in [6, 6.07) is 5.76. The van der Waals surface area contributed by atoms with Gasteiger partial charge in [0, 0.05) is 0 Å². The number of para-hydroxylation sites is 1. The number of rotatable bonds is 1. The highest BCUT2D eigenvalue weighted by Gasteiger charge is 2.04. The Labute approximate surface area is 67.2 Å². The summed E-state index contributed by atoms with van der Waals surface area (Å²) in [7, 11) is 0. The quantitative estimate of drug-likeness (QED) is 0.601. The first-order valence-corrected chi connectivity index (χ1v) is 3.76. The van der Waals surface area contributed by atoms with Crippen LogP contribution in [0.1, 0.15) is 25.3 Å². The van der Waals surface area contributed by atoms with E-state index in [0.29, 0.717) is 11.6 Å². The summed E-state index contributed by atoms with van der Waals surface area (Å²) in [4.78, 5) is 0. The molecule has 0 bridgehead atoms. The molecular weight excluding hydrogens is 136 g/mol. The summed E-state index contributed by atoms with van der Waals surface area (Å²) < 4.78 is 0. The van der Waals surface area contributed by atoms with Gasteiger partial charge in [-0.05, 0) is 17.5 Å². The van der Waals surface area contributed by atoms with Crippen LogP contribution in [0.4, 0.5) is 11.4 Å². The molecule has 0 unspecified atom stereocenters. The molecule has 2 nitrogen and oxygen atoms in total. The maximum atomic E-state index is 5.76. The van der Waals surface area contributed by atoms with E-state index in [1.807, 2.05) is 18.2 Å². The lowest BCUT2D eigenvalue weighted by molar-refractivity contribution is 0.870. The molecule has 11 heavy (non-hydrogen) atoms. The Kier molecular flexibility index (Phi) is 2.03. The first-order chi connectivity index (χ1) is 5.13. The number of anilines is 2. The number of hydrogen-bond acceptors (Lipinski definition) is 2. The molecule has 0 aliphatic heterocycles. The molecule has 0 heterocycles. The fourth-order valence-electron chi connectivity index (χ4n) is 1.11. The maximum absolute atomic E-state index is 5.76. The fraction of sp³-hybridized carbons (Fsp3) is 0.333. The average Bonchev–Trinajstić information content (AvgIpc) is 1.94. The van der Waals surface area contributed by atoms with Crippen LogP contribution >= 0.6 is 0 Å². The molecule has 2 heteroatoms. The zero-order chi connectivity index (χ0) is 8.43. The van der Waals surface area contributed by atoms with Gasteiger partial charge in [0.1, 0.15) is 0 Å². The number of benzene rings is 1. The molecule has 4 N–H and O–H groups in total. The van der Waals surface area contributed by atoms with E-state index in [0.717, 1.165) is 11.3 Å². The van der Waals surface area contributed by atoms with E-state index >= 15 is 0 Å². The molecule has 0 aromatic heterocycles. The van der Waals surface area contributed by atoms with Gasteiger partial charge in [-0.1, -0.05) is 26.0 Å². The lowest BCUT2D eigenvalue weighted by Crippen LogP contribution is -2.00. The van der Waals surface area contributed by atoms with E-state index in [-0.39, 0.29) is 0 Å². The number of nitrogens with two attached hydrogens (primary N) is 2. The third kappa shape index (κ3) is 1.45. The van der Waals surface area contributed by atoms with Crippen LogP contribution in [0.3, 0.4) is 0 Å². The molecule has 0 aliphatic carbocycles. The fourth-order valence-corrected chi connectivity index (χ4v) is 1.11. The van der Waals surface area contributed by atoms with Crippen LogP contribution in [0.5, 0.6) is 0 Å². The van der Waals surface area contributed by atoms with E-state index in [1.165, 1.54) is 0 Å². The highest BCUT2D eigenvalue weighted by molar-refractivity contribution is 5.67. The molecule has 0 fully saturated rings. The molecule has 0 atom stereocenters. The van der Waals surface area contributed by atoms with Gasteiger partial charge in [-0.2, -0.15) is 0 Å². The second-order valence-electron chi connectivity index (χ2n) is 3.00. The van der Waals surface area contributed by atoms with E-state index < -0.39 is 0 Å². The third-order valence-corrected chi connectivity index (χ3v) is 1.80. The van der Waals surface area contributed by atoms with Gasteiger partial charge < -0.3 is 11.5 Å². The van der Waals surface area contributed by atoms with Crippen molar-refractivity contribution in [3.8, 4) is 0 Å². The Morgan fingerprint density at radius 3 is 2.27 bits per heavy atom. The van der Waals surface area contributed by atoms with Crippen molar-refractivity contribution in [1.29, 1.82) is 0 Å². The normalized spacial score (nSPS) is 10.5. The zero-order valence-electron chi connectivity index (χ0n) is 6.96. The number of nitrogen functional groups attached to an aromatic ring is 2. The van der Waals surface area contributed by atoms with Gasteiger partial charge in [-0.3, -0.25) is 0 Å².